The second-order valence-corrected chi connectivity index (χ2v) is 0. The first-order valence-corrected chi connectivity index (χ1v) is 0. The number of hydrogen-bond acceptors (Lipinski definition) is 0. The van der Waals surface area contributed by atoms with Gasteiger partial charge in [0.2, 0.25) is 0 Å². The molecule has 0 amide bonds. The van der Waals surface area contributed by atoms with E-state index in [1.165, 1.54) is 0 Å². The second kappa shape index (κ2) is 18.2. The van der Waals surface area contributed by atoms with Gasteiger partial charge >= 0.3 is 37.7 Å². The van der Waals surface area contributed by atoms with E-state index in [2.05, 4.69) is 0 Å². The molecule has 0 heterocycles. The molecule has 0 saturated heterocycles. The van der Waals surface area contributed by atoms with Crippen molar-refractivity contribution in [3.63, 3.8) is 0 Å². The Hall–Kier alpha value is 2.37. The number of halogens is 2. The van der Waals surface area contributed by atoms with Crippen LogP contribution in [-0.2, 0) is 0 Å². The molecule has 0 aromatic carbocycles. The minimum Gasteiger partial charge on any atom is -1.00 e. The van der Waals surface area contributed by atoms with Crippen molar-refractivity contribution in [2.75, 3.05) is 0 Å². The van der Waals surface area contributed by atoms with Crippen LogP contribution >= 0.6 is 0 Å². The van der Waals surface area contributed by atoms with E-state index in [1.54, 1.807) is 0 Å². The largest absolute Gasteiger partial charge is 2.00 e. The molecule has 0 nitrogen and oxygen atoms in total. The van der Waals surface area contributed by atoms with E-state index in [1.807, 2.05) is 0 Å². The summed E-state index contributed by atoms with van der Waals surface area (Å²) in [6.45, 7) is 0. The fraction of sp³-hybridized carbons (Fsp3) is 0. The molecular weight excluding hydrogens is 138 g/mol. The average molecular weight is 141 g/mol. The van der Waals surface area contributed by atoms with Crippen molar-refractivity contribution in [1.82, 2.24) is 0 Å². The van der Waals surface area contributed by atoms with Gasteiger partial charge in [-0.15, -0.1) is 0 Å². The normalized spacial score (nSPS) is 0. The van der Waals surface area contributed by atoms with E-state index in [-0.39, 0.29) is 79.9 Å². The molecule has 0 unspecified atom stereocenters. The van der Waals surface area contributed by atoms with Crippen LogP contribution in [0.5, 0.6) is 0 Å². The molecule has 0 radical (unpaired) electrons. The van der Waals surface area contributed by atoms with Crippen molar-refractivity contribution in [2.24, 2.45) is 0 Å². The molecule has 0 rings (SSSR count). The summed E-state index contributed by atoms with van der Waals surface area (Å²) in [7, 11) is 0. The molecule has 4 heavy (non-hydrogen) atoms. The van der Waals surface area contributed by atoms with Crippen molar-refractivity contribution < 1.29 is 24.8 Å². The quantitative estimate of drug-likeness (QED) is 0.294. The van der Waals surface area contributed by atoms with Gasteiger partial charge in [-0.1, -0.05) is 0 Å². The van der Waals surface area contributed by atoms with Crippen molar-refractivity contribution in [3.8, 4) is 0 Å². The van der Waals surface area contributed by atoms with Gasteiger partial charge in [-0.2, -0.15) is 0 Å². The zero-order chi connectivity index (χ0) is 0. The van der Waals surface area contributed by atoms with Gasteiger partial charge < -0.3 is 24.8 Å². The van der Waals surface area contributed by atoms with E-state index in [4.69, 9.17) is 0 Å². The van der Waals surface area contributed by atoms with Crippen LogP contribution in [0.15, 0.2) is 0 Å². The molecule has 0 bridgehead atoms. The number of rotatable bonds is 0. The van der Waals surface area contributed by atoms with Gasteiger partial charge in [0, 0.05) is 0 Å². The average Bonchev–Trinajstić information content (AvgIpc) is 0. The van der Waals surface area contributed by atoms with Crippen molar-refractivity contribution in [3.05, 3.63) is 0 Å². The van der Waals surface area contributed by atoms with Gasteiger partial charge in [-0.25, -0.2) is 0 Å². The molecule has 0 aromatic rings. The smallest absolute Gasteiger partial charge is 1.00 e. The Morgan fingerprint density at radius 1 is 0.750 bits per heavy atom. The fourth-order valence-corrected chi connectivity index (χ4v) is 0. The molecule has 22 valence electrons. The second-order valence-electron chi connectivity index (χ2n) is 0. The minimum atomic E-state index is 0. The van der Waals surface area contributed by atoms with E-state index in [9.17, 15) is 0 Å². The van der Waals surface area contributed by atoms with Crippen LogP contribution in [0.3, 0.4) is 0 Å². The summed E-state index contributed by atoms with van der Waals surface area (Å²) in [4.78, 5) is 0. The predicted octanol–water partition coefficient (Wildman–Crippen LogP) is -7.56. The Balaban J connectivity index is 0. The van der Waals surface area contributed by atoms with E-state index < -0.39 is 0 Å². The van der Waals surface area contributed by atoms with Gasteiger partial charge in [0.15, 0.2) is 17.4 Å². The van der Waals surface area contributed by atoms with Crippen molar-refractivity contribution in [1.29, 1.82) is 0 Å². The van der Waals surface area contributed by atoms with Crippen LogP contribution < -0.4 is 24.8 Å². The van der Waals surface area contributed by atoms with E-state index >= 15 is 0 Å². The summed E-state index contributed by atoms with van der Waals surface area (Å²) >= 11 is 0. The predicted molar refractivity (Wildman–Crippen MR) is 15.7 cm³/mol. The first kappa shape index (κ1) is 32.7. The summed E-state index contributed by atoms with van der Waals surface area (Å²) in [5.74, 6) is 0. The fourth-order valence-electron chi connectivity index (χ4n) is 0. The maximum Gasteiger partial charge on any atom is 2.00 e. The van der Waals surface area contributed by atoms with Crippen LogP contribution in [0.2, 0.25) is 0 Å². The minimum absolute atomic E-state index is 0. The zero-order valence-electron chi connectivity index (χ0n) is 1.46. The Morgan fingerprint density at radius 3 is 0.750 bits per heavy atom. The van der Waals surface area contributed by atoms with Crippen molar-refractivity contribution >= 4 is 55.1 Å². The summed E-state index contributed by atoms with van der Waals surface area (Å²) in [6.07, 6.45) is 0. The third-order valence-electron chi connectivity index (χ3n) is 0. The molecule has 4 heteroatoms. The number of hydrogen-bond donors (Lipinski definition) is 0. The van der Waals surface area contributed by atoms with Crippen molar-refractivity contribution in [2.45, 2.75) is 0 Å². The van der Waals surface area contributed by atoms with E-state index in [0.29, 0.717) is 0 Å². The molecule has 0 fully saturated rings. The maximum absolute atomic E-state index is 0. The van der Waals surface area contributed by atoms with Gasteiger partial charge in [0.05, 0.1) is 0 Å². The SMILES string of the molecule is [AlH3].[Ca+2].[Cl-].[Cl-]. The molecule has 0 saturated carbocycles. The molecule has 0 atom stereocenters. The summed E-state index contributed by atoms with van der Waals surface area (Å²) in [5, 5.41) is 0. The Morgan fingerprint density at radius 2 is 0.750 bits per heavy atom. The Kier molecular flexibility index (Phi) is 149. The first-order chi connectivity index (χ1) is 0. The molecule has 0 aromatic heterocycles. The Bertz CT molecular complexity index is 6.00. The molecular formula is H3AlCaCl2. The Labute approximate surface area is 78.7 Å². The monoisotopic (exact) mass is 140 g/mol. The molecule has 0 aliphatic heterocycles. The van der Waals surface area contributed by atoms with Gasteiger partial charge in [0.25, 0.3) is 0 Å². The van der Waals surface area contributed by atoms with Crippen LogP contribution in [0, 0.1) is 0 Å². The van der Waals surface area contributed by atoms with Crippen LogP contribution in [0.25, 0.3) is 0 Å². The van der Waals surface area contributed by atoms with Gasteiger partial charge in [-0.3, -0.25) is 0 Å². The van der Waals surface area contributed by atoms with Crippen LogP contribution in [0.1, 0.15) is 0 Å². The molecule has 0 aliphatic carbocycles. The van der Waals surface area contributed by atoms with Crippen LogP contribution in [0.4, 0.5) is 0 Å². The first-order valence-electron chi connectivity index (χ1n) is 0. The molecule has 0 spiro atoms. The standard InChI is InChI=1S/Al.Ca.2ClH.3H/h;;2*1H;;;/q;+2;;;;;/p-2. The topological polar surface area (TPSA) is 0 Å². The summed E-state index contributed by atoms with van der Waals surface area (Å²) in [6, 6.07) is 0. The molecule has 0 aliphatic rings. The zero-order valence-corrected chi connectivity index (χ0v) is 5.18. The van der Waals surface area contributed by atoms with Gasteiger partial charge in [-0.05, 0) is 0 Å². The van der Waals surface area contributed by atoms with Gasteiger partial charge in [0.1, 0.15) is 0 Å². The summed E-state index contributed by atoms with van der Waals surface area (Å²) < 4.78 is 0. The third kappa shape index (κ3) is 8.84. The third-order valence-corrected chi connectivity index (χ3v) is 0. The van der Waals surface area contributed by atoms with Crippen LogP contribution in [-0.4, -0.2) is 55.1 Å². The summed E-state index contributed by atoms with van der Waals surface area (Å²) in [5.41, 5.74) is 0. The maximum atomic E-state index is 0. The van der Waals surface area contributed by atoms with E-state index in [0.717, 1.165) is 0 Å². The molecule has 0 N–H and O–H groups in total.